The van der Waals surface area contributed by atoms with Gasteiger partial charge in [-0.2, -0.15) is 0 Å². The molecule has 0 radical (unpaired) electrons. The van der Waals surface area contributed by atoms with Crippen LogP contribution in [0.3, 0.4) is 0 Å². The molecule has 2 aromatic rings. The molecular weight excluding hydrogens is 362 g/mol. The largest absolute Gasteiger partial charge is 0.354 e. The highest BCUT2D eigenvalue weighted by Gasteiger charge is 2.24. The SMILES string of the molecule is CC(C)C(NC(=O)c1cccs1)C(=O)NCCNC(=O)Cc1ccccc1. The molecule has 3 N–H and O–H groups in total. The number of benzene rings is 1. The fourth-order valence-corrected chi connectivity index (χ4v) is 3.12. The van der Waals surface area contributed by atoms with E-state index in [4.69, 9.17) is 0 Å². The molecule has 0 bridgehead atoms. The van der Waals surface area contributed by atoms with E-state index < -0.39 is 6.04 Å². The Labute approximate surface area is 163 Å². The van der Waals surface area contributed by atoms with E-state index in [2.05, 4.69) is 16.0 Å². The van der Waals surface area contributed by atoms with E-state index in [1.54, 1.807) is 12.1 Å². The van der Waals surface area contributed by atoms with E-state index in [1.165, 1.54) is 11.3 Å². The molecule has 144 valence electrons. The van der Waals surface area contributed by atoms with Gasteiger partial charge in [-0.1, -0.05) is 50.2 Å². The van der Waals surface area contributed by atoms with Crippen LogP contribution in [0.5, 0.6) is 0 Å². The Hall–Kier alpha value is -2.67. The summed E-state index contributed by atoms with van der Waals surface area (Å²) >= 11 is 1.33. The Morgan fingerprint density at radius 1 is 0.963 bits per heavy atom. The molecule has 6 nitrogen and oxygen atoms in total. The Morgan fingerprint density at radius 3 is 2.30 bits per heavy atom. The minimum Gasteiger partial charge on any atom is -0.354 e. The first-order chi connectivity index (χ1) is 13.0. The van der Waals surface area contributed by atoms with Crippen LogP contribution in [0.1, 0.15) is 29.1 Å². The molecule has 1 heterocycles. The monoisotopic (exact) mass is 387 g/mol. The molecule has 1 unspecified atom stereocenters. The fraction of sp³-hybridized carbons (Fsp3) is 0.350. The molecular formula is C20H25N3O3S. The van der Waals surface area contributed by atoms with E-state index >= 15 is 0 Å². The molecule has 1 aromatic heterocycles. The van der Waals surface area contributed by atoms with E-state index in [-0.39, 0.29) is 23.6 Å². The van der Waals surface area contributed by atoms with Gasteiger partial charge in [-0.05, 0) is 22.9 Å². The van der Waals surface area contributed by atoms with Crippen LogP contribution < -0.4 is 16.0 Å². The van der Waals surface area contributed by atoms with Gasteiger partial charge < -0.3 is 16.0 Å². The van der Waals surface area contributed by atoms with Gasteiger partial charge in [-0.15, -0.1) is 11.3 Å². The smallest absolute Gasteiger partial charge is 0.262 e. The van der Waals surface area contributed by atoms with Gasteiger partial charge in [0.05, 0.1) is 11.3 Å². The van der Waals surface area contributed by atoms with Gasteiger partial charge in [0.1, 0.15) is 6.04 Å². The number of amides is 3. The highest BCUT2D eigenvalue weighted by molar-refractivity contribution is 7.12. The van der Waals surface area contributed by atoms with Gasteiger partial charge in [-0.3, -0.25) is 14.4 Å². The molecule has 0 saturated heterocycles. The van der Waals surface area contributed by atoms with Crippen molar-refractivity contribution in [3.8, 4) is 0 Å². The molecule has 1 aromatic carbocycles. The number of nitrogens with one attached hydrogen (secondary N) is 3. The van der Waals surface area contributed by atoms with Gasteiger partial charge in [0.15, 0.2) is 0 Å². The lowest BCUT2D eigenvalue weighted by molar-refractivity contribution is -0.124. The van der Waals surface area contributed by atoms with E-state index in [1.807, 2.05) is 49.6 Å². The standard InChI is InChI=1S/C20H25N3O3S/c1-14(2)18(23-19(25)16-9-6-12-27-16)20(26)22-11-10-21-17(24)13-15-7-4-3-5-8-15/h3-9,12,14,18H,10-11,13H2,1-2H3,(H,21,24)(H,22,26)(H,23,25). The predicted octanol–water partition coefficient (Wildman–Crippen LogP) is 1.98. The summed E-state index contributed by atoms with van der Waals surface area (Å²) < 4.78 is 0. The van der Waals surface area contributed by atoms with Gasteiger partial charge in [-0.25, -0.2) is 0 Å². The van der Waals surface area contributed by atoms with Gasteiger partial charge in [0.2, 0.25) is 11.8 Å². The van der Waals surface area contributed by atoms with Crippen molar-refractivity contribution in [3.63, 3.8) is 0 Å². The molecule has 2 rings (SSSR count). The van der Waals surface area contributed by atoms with Crippen molar-refractivity contribution in [1.29, 1.82) is 0 Å². The summed E-state index contributed by atoms with van der Waals surface area (Å²) in [5, 5.41) is 10.1. The number of carbonyl (C=O) groups excluding carboxylic acids is 3. The minimum absolute atomic E-state index is 0.0541. The van der Waals surface area contributed by atoms with Gasteiger partial charge in [0, 0.05) is 13.1 Å². The third-order valence-corrected chi connectivity index (χ3v) is 4.80. The van der Waals surface area contributed by atoms with E-state index in [9.17, 15) is 14.4 Å². The summed E-state index contributed by atoms with van der Waals surface area (Å²) in [4.78, 5) is 37.0. The van der Waals surface area contributed by atoms with Crippen LogP contribution in [0.4, 0.5) is 0 Å². The Balaban J connectivity index is 1.73. The van der Waals surface area contributed by atoms with Crippen molar-refractivity contribution in [2.45, 2.75) is 26.3 Å². The first-order valence-electron chi connectivity index (χ1n) is 8.90. The van der Waals surface area contributed by atoms with Crippen LogP contribution in [0.15, 0.2) is 47.8 Å². The zero-order valence-electron chi connectivity index (χ0n) is 15.5. The second-order valence-electron chi connectivity index (χ2n) is 6.48. The minimum atomic E-state index is -0.625. The topological polar surface area (TPSA) is 87.3 Å². The summed E-state index contributed by atoms with van der Waals surface area (Å²) in [6, 6.07) is 12.4. The highest BCUT2D eigenvalue weighted by Crippen LogP contribution is 2.10. The predicted molar refractivity (Wildman–Crippen MR) is 107 cm³/mol. The summed E-state index contributed by atoms with van der Waals surface area (Å²) in [6.45, 7) is 4.39. The lowest BCUT2D eigenvalue weighted by atomic mass is 10.0. The maximum Gasteiger partial charge on any atom is 0.262 e. The fourth-order valence-electron chi connectivity index (χ4n) is 2.50. The van der Waals surface area contributed by atoms with Crippen LogP contribution in [0.25, 0.3) is 0 Å². The summed E-state index contributed by atoms with van der Waals surface area (Å²) in [5.41, 5.74) is 0.940. The number of thiophene rings is 1. The molecule has 0 aliphatic rings. The van der Waals surface area contributed by atoms with Crippen LogP contribution in [0, 0.1) is 5.92 Å². The molecule has 0 aliphatic heterocycles. The maximum atomic E-state index is 12.4. The third kappa shape index (κ3) is 6.86. The first-order valence-corrected chi connectivity index (χ1v) is 9.78. The van der Waals surface area contributed by atoms with Crippen LogP contribution >= 0.6 is 11.3 Å². The second kappa shape index (κ2) is 10.5. The molecule has 0 spiro atoms. The van der Waals surface area contributed by atoms with Crippen LogP contribution in [-0.2, 0) is 16.0 Å². The Bertz CT molecular complexity index is 745. The summed E-state index contributed by atoms with van der Waals surface area (Å²) in [5.74, 6) is -0.661. The average Bonchev–Trinajstić information content (AvgIpc) is 3.18. The molecule has 1 atom stereocenters. The van der Waals surface area contributed by atoms with Crippen molar-refractivity contribution >= 4 is 29.1 Å². The number of hydrogen-bond donors (Lipinski definition) is 3. The maximum absolute atomic E-state index is 12.4. The zero-order valence-corrected chi connectivity index (χ0v) is 16.3. The molecule has 0 fully saturated rings. The molecule has 0 aliphatic carbocycles. The lowest BCUT2D eigenvalue weighted by Crippen LogP contribution is -2.50. The zero-order chi connectivity index (χ0) is 19.6. The van der Waals surface area contributed by atoms with Crippen molar-refractivity contribution in [3.05, 3.63) is 58.3 Å². The van der Waals surface area contributed by atoms with Gasteiger partial charge >= 0.3 is 0 Å². The van der Waals surface area contributed by atoms with Crippen LogP contribution in [-0.4, -0.2) is 36.9 Å². The summed E-state index contributed by atoms with van der Waals surface area (Å²) in [6.07, 6.45) is 0.306. The quantitative estimate of drug-likeness (QED) is 0.575. The molecule has 0 saturated carbocycles. The average molecular weight is 388 g/mol. The normalized spacial score (nSPS) is 11.7. The summed E-state index contributed by atoms with van der Waals surface area (Å²) in [7, 11) is 0. The Morgan fingerprint density at radius 2 is 1.67 bits per heavy atom. The van der Waals surface area contributed by atoms with Gasteiger partial charge in [0.25, 0.3) is 5.91 Å². The van der Waals surface area contributed by atoms with E-state index in [0.29, 0.717) is 24.4 Å². The first kappa shape index (κ1) is 20.6. The molecule has 3 amide bonds. The Kier molecular flexibility index (Phi) is 8.00. The van der Waals surface area contributed by atoms with Crippen LogP contribution in [0.2, 0.25) is 0 Å². The van der Waals surface area contributed by atoms with E-state index in [0.717, 1.165) is 5.56 Å². The molecule has 27 heavy (non-hydrogen) atoms. The van der Waals surface area contributed by atoms with Crippen molar-refractivity contribution in [1.82, 2.24) is 16.0 Å². The number of hydrogen-bond acceptors (Lipinski definition) is 4. The van der Waals surface area contributed by atoms with Crippen molar-refractivity contribution in [2.75, 3.05) is 13.1 Å². The molecule has 7 heteroatoms. The van der Waals surface area contributed by atoms with Crippen molar-refractivity contribution in [2.24, 2.45) is 5.92 Å². The van der Waals surface area contributed by atoms with Crippen molar-refractivity contribution < 1.29 is 14.4 Å². The second-order valence-corrected chi connectivity index (χ2v) is 7.42. The lowest BCUT2D eigenvalue weighted by Gasteiger charge is -2.21. The number of carbonyl (C=O) groups is 3. The third-order valence-electron chi connectivity index (χ3n) is 3.93. The highest BCUT2D eigenvalue weighted by atomic mass is 32.1. The number of rotatable bonds is 9.